The van der Waals surface area contributed by atoms with Gasteiger partial charge in [-0.2, -0.15) is 0 Å². The molecule has 1 rings (SSSR count). The molecular weight excluding hydrogens is 300 g/mol. The topological polar surface area (TPSA) is 81.7 Å². The quantitative estimate of drug-likeness (QED) is 0.798. The first-order chi connectivity index (χ1) is 10.4. The zero-order valence-corrected chi connectivity index (χ0v) is 12.0. The van der Waals surface area contributed by atoms with Gasteiger partial charge in [0.2, 0.25) is 0 Å². The molecule has 1 amide bonds. The Morgan fingerprint density at radius 2 is 1.82 bits per heavy atom. The maximum Gasteiger partial charge on any atom is 0.328 e. The summed E-state index contributed by atoms with van der Waals surface area (Å²) in [5.41, 5.74) is -0.161. The van der Waals surface area contributed by atoms with Crippen LogP contribution in [-0.4, -0.2) is 38.1 Å². The van der Waals surface area contributed by atoms with Gasteiger partial charge in [-0.3, -0.25) is 9.59 Å². The van der Waals surface area contributed by atoms with Crippen molar-refractivity contribution < 1.29 is 32.6 Å². The molecule has 6 nitrogen and oxygen atoms in total. The van der Waals surface area contributed by atoms with Crippen molar-refractivity contribution in [3.8, 4) is 0 Å². The van der Waals surface area contributed by atoms with Crippen molar-refractivity contribution >= 4 is 17.8 Å². The van der Waals surface area contributed by atoms with Crippen LogP contribution in [0, 0.1) is 11.6 Å². The van der Waals surface area contributed by atoms with Crippen LogP contribution in [-0.2, 0) is 19.1 Å². The summed E-state index contributed by atoms with van der Waals surface area (Å²) >= 11 is 0. The maximum atomic E-state index is 13.1. The van der Waals surface area contributed by atoms with Crippen LogP contribution in [0.15, 0.2) is 18.2 Å². The maximum absolute atomic E-state index is 13.1. The lowest BCUT2D eigenvalue weighted by molar-refractivity contribution is -0.144. The Balaban J connectivity index is 2.79. The van der Waals surface area contributed by atoms with Crippen LogP contribution in [0.25, 0.3) is 0 Å². The number of methoxy groups -OCH3 is 2. The standard InChI is InChI=1S/C14H15F2NO5/c1-21-12(18)6-5-11(14(20)22-2)17-13(19)8-3-4-9(15)10(16)7-8/h3-4,7,11H,5-6H2,1-2H3,(H,17,19)/t11-/m0/s1. The summed E-state index contributed by atoms with van der Waals surface area (Å²) in [5, 5.41) is 2.30. The van der Waals surface area contributed by atoms with Crippen molar-refractivity contribution in [3.63, 3.8) is 0 Å². The van der Waals surface area contributed by atoms with Crippen LogP contribution in [0.2, 0.25) is 0 Å². The summed E-state index contributed by atoms with van der Waals surface area (Å²) < 4.78 is 34.9. The molecule has 0 aromatic heterocycles. The van der Waals surface area contributed by atoms with E-state index < -0.39 is 35.5 Å². The first-order valence-corrected chi connectivity index (χ1v) is 6.29. The van der Waals surface area contributed by atoms with Gasteiger partial charge in [0.25, 0.3) is 5.91 Å². The highest BCUT2D eigenvalue weighted by Gasteiger charge is 2.23. The van der Waals surface area contributed by atoms with Crippen molar-refractivity contribution in [2.24, 2.45) is 0 Å². The molecule has 1 aromatic rings. The molecule has 0 unspecified atom stereocenters. The van der Waals surface area contributed by atoms with E-state index >= 15 is 0 Å². The molecule has 1 aromatic carbocycles. The average molecular weight is 315 g/mol. The largest absolute Gasteiger partial charge is 0.469 e. The predicted molar refractivity (Wildman–Crippen MR) is 70.9 cm³/mol. The van der Waals surface area contributed by atoms with Gasteiger partial charge in [0.15, 0.2) is 11.6 Å². The van der Waals surface area contributed by atoms with Crippen molar-refractivity contribution in [2.75, 3.05) is 14.2 Å². The number of benzene rings is 1. The van der Waals surface area contributed by atoms with Gasteiger partial charge in [-0.25, -0.2) is 13.6 Å². The molecule has 0 saturated carbocycles. The molecular formula is C14H15F2NO5. The van der Waals surface area contributed by atoms with E-state index in [1.54, 1.807) is 0 Å². The molecule has 0 heterocycles. The summed E-state index contributed by atoms with van der Waals surface area (Å²) in [7, 11) is 2.31. The molecule has 0 aliphatic carbocycles. The Labute approximate surface area is 125 Å². The minimum absolute atomic E-state index is 0.0469. The zero-order chi connectivity index (χ0) is 16.7. The fourth-order valence-electron chi connectivity index (χ4n) is 1.63. The Hall–Kier alpha value is -2.51. The molecule has 0 saturated heterocycles. The van der Waals surface area contributed by atoms with E-state index in [0.29, 0.717) is 6.07 Å². The number of esters is 2. The molecule has 0 radical (unpaired) electrons. The molecule has 0 aliphatic heterocycles. The number of carbonyl (C=O) groups is 3. The molecule has 22 heavy (non-hydrogen) atoms. The van der Waals surface area contributed by atoms with Crippen LogP contribution >= 0.6 is 0 Å². The third-order valence-corrected chi connectivity index (χ3v) is 2.84. The van der Waals surface area contributed by atoms with Crippen molar-refractivity contribution in [1.29, 1.82) is 0 Å². The molecule has 0 aliphatic rings. The number of ether oxygens (including phenoxy) is 2. The molecule has 1 atom stereocenters. The lowest BCUT2D eigenvalue weighted by atomic mass is 10.1. The number of nitrogens with one attached hydrogen (secondary N) is 1. The molecule has 0 fully saturated rings. The summed E-state index contributed by atoms with van der Waals surface area (Å²) in [5.74, 6) is -4.39. The van der Waals surface area contributed by atoms with E-state index in [1.807, 2.05) is 0 Å². The van der Waals surface area contributed by atoms with Crippen LogP contribution in [0.3, 0.4) is 0 Å². The van der Waals surface area contributed by atoms with E-state index in [9.17, 15) is 23.2 Å². The van der Waals surface area contributed by atoms with Gasteiger partial charge in [-0.05, 0) is 24.6 Å². The summed E-state index contributed by atoms with van der Waals surface area (Å²) in [6.45, 7) is 0. The van der Waals surface area contributed by atoms with E-state index in [2.05, 4.69) is 14.8 Å². The summed E-state index contributed by atoms with van der Waals surface area (Å²) in [4.78, 5) is 34.6. The van der Waals surface area contributed by atoms with Gasteiger partial charge in [0.05, 0.1) is 14.2 Å². The third-order valence-electron chi connectivity index (χ3n) is 2.84. The Morgan fingerprint density at radius 1 is 1.14 bits per heavy atom. The molecule has 0 spiro atoms. The van der Waals surface area contributed by atoms with Crippen molar-refractivity contribution in [3.05, 3.63) is 35.4 Å². The fraction of sp³-hybridized carbons (Fsp3) is 0.357. The lowest BCUT2D eigenvalue weighted by Gasteiger charge is -2.16. The molecule has 0 bridgehead atoms. The summed E-state index contributed by atoms with van der Waals surface area (Å²) in [6, 6.07) is 1.47. The minimum atomic E-state index is -1.18. The number of amides is 1. The van der Waals surface area contributed by atoms with Crippen molar-refractivity contribution in [2.45, 2.75) is 18.9 Å². The van der Waals surface area contributed by atoms with E-state index in [4.69, 9.17) is 0 Å². The molecule has 8 heteroatoms. The fourth-order valence-corrected chi connectivity index (χ4v) is 1.63. The third kappa shape index (κ3) is 4.80. The van der Waals surface area contributed by atoms with Gasteiger partial charge >= 0.3 is 11.9 Å². The second-order valence-corrected chi connectivity index (χ2v) is 4.29. The van der Waals surface area contributed by atoms with Crippen LogP contribution in [0.4, 0.5) is 8.78 Å². The van der Waals surface area contributed by atoms with Gasteiger partial charge < -0.3 is 14.8 Å². The molecule has 120 valence electrons. The van der Waals surface area contributed by atoms with Crippen LogP contribution < -0.4 is 5.32 Å². The second kappa shape index (κ2) is 8.06. The predicted octanol–water partition coefficient (Wildman–Crippen LogP) is 1.19. The highest BCUT2D eigenvalue weighted by molar-refractivity contribution is 5.96. The highest BCUT2D eigenvalue weighted by atomic mass is 19.2. The van der Waals surface area contributed by atoms with Crippen LogP contribution in [0.1, 0.15) is 23.2 Å². The normalized spacial score (nSPS) is 11.5. The average Bonchev–Trinajstić information content (AvgIpc) is 2.52. The highest BCUT2D eigenvalue weighted by Crippen LogP contribution is 2.10. The SMILES string of the molecule is COC(=O)CC[C@H](NC(=O)c1ccc(F)c(F)c1)C(=O)OC. The van der Waals surface area contributed by atoms with Gasteiger partial charge in [-0.15, -0.1) is 0 Å². The zero-order valence-electron chi connectivity index (χ0n) is 12.0. The number of hydrogen-bond donors (Lipinski definition) is 1. The monoisotopic (exact) mass is 315 g/mol. The first kappa shape index (κ1) is 17.5. The van der Waals surface area contributed by atoms with E-state index in [1.165, 1.54) is 7.11 Å². The number of hydrogen-bond acceptors (Lipinski definition) is 5. The van der Waals surface area contributed by atoms with E-state index in [-0.39, 0.29) is 18.4 Å². The Morgan fingerprint density at radius 3 is 2.36 bits per heavy atom. The lowest BCUT2D eigenvalue weighted by Crippen LogP contribution is -2.42. The Kier molecular flexibility index (Phi) is 6.43. The van der Waals surface area contributed by atoms with Gasteiger partial charge in [0, 0.05) is 12.0 Å². The number of carbonyl (C=O) groups excluding carboxylic acids is 3. The van der Waals surface area contributed by atoms with Crippen molar-refractivity contribution in [1.82, 2.24) is 5.32 Å². The minimum Gasteiger partial charge on any atom is -0.469 e. The Bertz CT molecular complexity index is 576. The van der Waals surface area contributed by atoms with Gasteiger partial charge in [0.1, 0.15) is 6.04 Å². The molecule has 1 N–H and O–H groups in total. The summed E-state index contributed by atoms with van der Waals surface area (Å²) in [6.07, 6.45) is -0.164. The van der Waals surface area contributed by atoms with Gasteiger partial charge in [-0.1, -0.05) is 0 Å². The number of rotatable bonds is 6. The van der Waals surface area contributed by atoms with E-state index in [0.717, 1.165) is 19.2 Å². The smallest absolute Gasteiger partial charge is 0.328 e. The first-order valence-electron chi connectivity index (χ1n) is 6.29. The second-order valence-electron chi connectivity index (χ2n) is 4.29. The number of halogens is 2. The van der Waals surface area contributed by atoms with Crippen LogP contribution in [0.5, 0.6) is 0 Å².